The summed E-state index contributed by atoms with van der Waals surface area (Å²) >= 11 is 5.96. The van der Waals surface area contributed by atoms with E-state index in [-0.39, 0.29) is 6.04 Å². The second-order valence-corrected chi connectivity index (χ2v) is 7.38. The van der Waals surface area contributed by atoms with E-state index in [9.17, 15) is 8.42 Å². The molecule has 3 nitrogen and oxygen atoms in total. The molecule has 5 heteroatoms. The number of rotatable bonds is 3. The van der Waals surface area contributed by atoms with Gasteiger partial charge < -0.3 is 0 Å². The number of hydrogen-bond acceptors (Lipinski definition) is 2. The van der Waals surface area contributed by atoms with E-state index in [0.717, 1.165) is 31.2 Å². The Kier molecular flexibility index (Phi) is 4.54. The molecule has 0 amide bonds. The molecule has 0 aromatic heterocycles. The molecule has 0 spiro atoms. The molecular weight excluding hydrogens is 282 g/mol. The lowest BCUT2D eigenvalue weighted by atomic mass is 10.0. The Morgan fingerprint density at radius 2 is 2.11 bits per heavy atom. The first-order valence-electron chi connectivity index (χ1n) is 6.75. The normalized spacial score (nSPS) is 21.5. The van der Waals surface area contributed by atoms with Gasteiger partial charge in [-0.2, -0.15) is 4.31 Å². The van der Waals surface area contributed by atoms with Crippen LogP contribution >= 0.6 is 11.6 Å². The molecule has 1 aliphatic heterocycles. The van der Waals surface area contributed by atoms with Crippen molar-refractivity contribution in [2.75, 3.05) is 6.54 Å². The summed E-state index contributed by atoms with van der Waals surface area (Å²) in [6.45, 7) is 4.50. The lowest BCUT2D eigenvalue weighted by Gasteiger charge is -2.34. The highest BCUT2D eigenvalue weighted by Crippen LogP contribution is 2.28. The van der Waals surface area contributed by atoms with Crippen molar-refractivity contribution in [1.82, 2.24) is 4.31 Å². The smallest absolute Gasteiger partial charge is 0.207 e. The van der Waals surface area contributed by atoms with E-state index in [1.807, 2.05) is 13.8 Å². The van der Waals surface area contributed by atoms with Crippen LogP contribution in [0.3, 0.4) is 0 Å². The van der Waals surface area contributed by atoms with Crippen LogP contribution in [0.2, 0.25) is 5.02 Å². The molecule has 106 valence electrons. The molecule has 1 atom stereocenters. The van der Waals surface area contributed by atoms with Gasteiger partial charge in [-0.15, -0.1) is 0 Å². The zero-order valence-corrected chi connectivity index (χ0v) is 13.0. The Hall–Kier alpha value is -0.580. The van der Waals surface area contributed by atoms with Crippen molar-refractivity contribution in [3.63, 3.8) is 0 Å². The van der Waals surface area contributed by atoms with Crippen LogP contribution in [0, 0.1) is 6.92 Å². The van der Waals surface area contributed by atoms with Crippen LogP contribution < -0.4 is 0 Å². The van der Waals surface area contributed by atoms with Crippen LogP contribution in [-0.4, -0.2) is 25.3 Å². The van der Waals surface area contributed by atoms with E-state index in [1.165, 1.54) is 0 Å². The summed E-state index contributed by atoms with van der Waals surface area (Å²) in [6, 6.07) is 5.06. The van der Waals surface area contributed by atoms with Gasteiger partial charge in [0.1, 0.15) is 0 Å². The highest BCUT2D eigenvalue weighted by Gasteiger charge is 2.32. The number of hydrogen-bond donors (Lipinski definition) is 0. The Morgan fingerprint density at radius 3 is 2.74 bits per heavy atom. The van der Waals surface area contributed by atoms with Gasteiger partial charge in [0.2, 0.25) is 10.0 Å². The summed E-state index contributed by atoms with van der Waals surface area (Å²) < 4.78 is 27.1. The SMILES string of the molecule is CC[C@H]1CCCCN1S(=O)(=O)c1ccc(Cl)c(C)c1. The van der Waals surface area contributed by atoms with Gasteiger partial charge in [0.25, 0.3) is 0 Å². The maximum atomic E-state index is 12.7. The summed E-state index contributed by atoms with van der Waals surface area (Å²) in [5.74, 6) is 0. The minimum Gasteiger partial charge on any atom is -0.207 e. The Balaban J connectivity index is 2.37. The monoisotopic (exact) mass is 301 g/mol. The molecule has 0 unspecified atom stereocenters. The summed E-state index contributed by atoms with van der Waals surface area (Å²) in [5.41, 5.74) is 0.799. The molecule has 0 aliphatic carbocycles. The summed E-state index contributed by atoms with van der Waals surface area (Å²) in [5, 5.41) is 0.602. The van der Waals surface area contributed by atoms with Gasteiger partial charge >= 0.3 is 0 Å². The molecule has 0 saturated carbocycles. The lowest BCUT2D eigenvalue weighted by molar-refractivity contribution is 0.246. The molecule has 1 fully saturated rings. The minimum atomic E-state index is -3.39. The van der Waals surface area contributed by atoms with E-state index in [4.69, 9.17) is 11.6 Å². The molecule has 1 heterocycles. The molecule has 0 bridgehead atoms. The van der Waals surface area contributed by atoms with E-state index >= 15 is 0 Å². The van der Waals surface area contributed by atoms with Gasteiger partial charge in [-0.1, -0.05) is 24.9 Å². The average molecular weight is 302 g/mol. The van der Waals surface area contributed by atoms with E-state index in [2.05, 4.69) is 0 Å². The van der Waals surface area contributed by atoms with Crippen molar-refractivity contribution in [3.8, 4) is 0 Å². The molecule has 1 aliphatic rings. The number of sulfonamides is 1. The summed E-state index contributed by atoms with van der Waals surface area (Å²) in [7, 11) is -3.39. The topological polar surface area (TPSA) is 37.4 Å². The van der Waals surface area contributed by atoms with Crippen molar-refractivity contribution >= 4 is 21.6 Å². The maximum Gasteiger partial charge on any atom is 0.243 e. The number of halogens is 1. The number of aryl methyl sites for hydroxylation is 1. The predicted molar refractivity (Wildman–Crippen MR) is 78.0 cm³/mol. The van der Waals surface area contributed by atoms with Gasteiger partial charge in [-0.25, -0.2) is 8.42 Å². The van der Waals surface area contributed by atoms with Gasteiger partial charge in [-0.3, -0.25) is 0 Å². The average Bonchev–Trinajstić information content (AvgIpc) is 2.41. The van der Waals surface area contributed by atoms with Crippen molar-refractivity contribution < 1.29 is 8.42 Å². The van der Waals surface area contributed by atoms with Gasteiger partial charge in [0, 0.05) is 17.6 Å². The van der Waals surface area contributed by atoms with Crippen molar-refractivity contribution in [3.05, 3.63) is 28.8 Å². The van der Waals surface area contributed by atoms with Crippen LogP contribution in [0.5, 0.6) is 0 Å². The van der Waals surface area contributed by atoms with Crippen LogP contribution in [0.4, 0.5) is 0 Å². The lowest BCUT2D eigenvalue weighted by Crippen LogP contribution is -2.43. The fraction of sp³-hybridized carbons (Fsp3) is 0.571. The van der Waals surface area contributed by atoms with E-state index in [0.29, 0.717) is 16.5 Å². The zero-order valence-electron chi connectivity index (χ0n) is 11.4. The Bertz CT molecular complexity index is 557. The van der Waals surface area contributed by atoms with Gasteiger partial charge in [0.15, 0.2) is 0 Å². The van der Waals surface area contributed by atoms with Crippen molar-refractivity contribution in [2.24, 2.45) is 0 Å². The van der Waals surface area contributed by atoms with E-state index in [1.54, 1.807) is 22.5 Å². The largest absolute Gasteiger partial charge is 0.243 e. The third-order valence-electron chi connectivity index (χ3n) is 3.78. The first-order chi connectivity index (χ1) is 8.96. The van der Waals surface area contributed by atoms with Crippen LogP contribution in [0.1, 0.15) is 38.2 Å². The first kappa shape index (κ1) is 14.8. The fourth-order valence-corrected chi connectivity index (χ4v) is 4.58. The molecule has 1 aromatic carbocycles. The maximum absolute atomic E-state index is 12.7. The number of benzene rings is 1. The van der Waals surface area contributed by atoms with Gasteiger partial charge in [-0.05, 0) is 49.9 Å². The summed E-state index contributed by atoms with van der Waals surface area (Å²) in [6.07, 6.45) is 3.89. The molecule has 0 radical (unpaired) electrons. The highest BCUT2D eigenvalue weighted by atomic mass is 35.5. The predicted octanol–water partition coefficient (Wildman–Crippen LogP) is 3.60. The molecule has 2 rings (SSSR count). The second kappa shape index (κ2) is 5.81. The minimum absolute atomic E-state index is 0.134. The first-order valence-corrected chi connectivity index (χ1v) is 8.56. The Labute approximate surface area is 120 Å². The van der Waals surface area contributed by atoms with Crippen LogP contribution in [0.25, 0.3) is 0 Å². The summed E-state index contributed by atoms with van der Waals surface area (Å²) in [4.78, 5) is 0.356. The third-order valence-corrected chi connectivity index (χ3v) is 6.15. The highest BCUT2D eigenvalue weighted by molar-refractivity contribution is 7.89. The number of nitrogens with zero attached hydrogens (tertiary/aromatic N) is 1. The van der Waals surface area contributed by atoms with Crippen LogP contribution in [0.15, 0.2) is 23.1 Å². The molecular formula is C14H20ClNO2S. The number of piperidine rings is 1. The zero-order chi connectivity index (χ0) is 14.0. The van der Waals surface area contributed by atoms with E-state index < -0.39 is 10.0 Å². The fourth-order valence-electron chi connectivity index (χ4n) is 2.61. The third kappa shape index (κ3) is 2.96. The molecule has 19 heavy (non-hydrogen) atoms. The Morgan fingerprint density at radius 1 is 1.37 bits per heavy atom. The van der Waals surface area contributed by atoms with Crippen LogP contribution in [-0.2, 0) is 10.0 Å². The molecule has 0 N–H and O–H groups in total. The second-order valence-electron chi connectivity index (χ2n) is 5.08. The molecule has 1 aromatic rings. The standard InChI is InChI=1S/C14H20ClNO2S/c1-3-12-6-4-5-9-16(12)19(17,18)13-7-8-14(15)11(2)10-13/h7-8,10,12H,3-6,9H2,1-2H3/t12-/m0/s1. The van der Waals surface area contributed by atoms with Crippen molar-refractivity contribution in [2.45, 2.75) is 50.5 Å². The molecule has 1 saturated heterocycles. The van der Waals surface area contributed by atoms with Crippen molar-refractivity contribution in [1.29, 1.82) is 0 Å². The quantitative estimate of drug-likeness (QED) is 0.855. The van der Waals surface area contributed by atoms with Gasteiger partial charge in [0.05, 0.1) is 4.90 Å².